The number of nitriles is 1. The monoisotopic (exact) mass is 462 g/mol. The lowest BCUT2D eigenvalue weighted by Gasteiger charge is -2.44. The maximum atomic E-state index is 13.3. The van der Waals surface area contributed by atoms with Gasteiger partial charge in [-0.05, 0) is 51.2 Å². The first-order valence-corrected chi connectivity index (χ1v) is 12.4. The molecule has 0 aromatic carbocycles. The predicted molar refractivity (Wildman–Crippen MR) is 129 cm³/mol. The number of nitrogens with zero attached hydrogens (tertiary/aromatic N) is 4. The molecule has 1 saturated carbocycles. The van der Waals surface area contributed by atoms with Gasteiger partial charge in [-0.25, -0.2) is 4.98 Å². The van der Waals surface area contributed by atoms with Gasteiger partial charge in [-0.15, -0.1) is 0 Å². The molecule has 1 saturated heterocycles. The summed E-state index contributed by atoms with van der Waals surface area (Å²) in [7, 11) is 0. The molecule has 34 heavy (non-hydrogen) atoms. The van der Waals surface area contributed by atoms with Crippen molar-refractivity contribution >= 4 is 11.7 Å². The second-order valence-electron chi connectivity index (χ2n) is 11.0. The lowest BCUT2D eigenvalue weighted by Crippen LogP contribution is -2.57. The quantitative estimate of drug-likeness (QED) is 0.662. The Morgan fingerprint density at radius 2 is 2.03 bits per heavy atom. The van der Waals surface area contributed by atoms with E-state index in [2.05, 4.69) is 38.7 Å². The number of fused-ring (bicyclic) bond motifs is 1. The van der Waals surface area contributed by atoms with Crippen molar-refractivity contribution in [3.63, 3.8) is 0 Å². The number of piperazine rings is 1. The Labute approximate surface area is 201 Å². The molecule has 1 amide bonds. The molecule has 7 heteroatoms. The van der Waals surface area contributed by atoms with Crippen molar-refractivity contribution in [2.24, 2.45) is 5.92 Å². The summed E-state index contributed by atoms with van der Waals surface area (Å²) in [4.78, 5) is 22.6. The number of hydrogen-bond acceptors (Lipinski definition) is 6. The first-order chi connectivity index (χ1) is 16.2. The predicted octanol–water partition coefficient (Wildman–Crippen LogP) is 4.57. The smallest absolute Gasteiger partial charge is 0.290 e. The molecule has 0 bridgehead atoms. The Kier molecular flexibility index (Phi) is 5.68. The van der Waals surface area contributed by atoms with E-state index in [-0.39, 0.29) is 23.5 Å². The van der Waals surface area contributed by atoms with Crippen molar-refractivity contribution in [2.75, 3.05) is 24.5 Å². The highest BCUT2D eigenvalue weighted by molar-refractivity contribution is 5.93. The summed E-state index contributed by atoms with van der Waals surface area (Å²) in [6, 6.07) is 4.33. The number of aryl methyl sites for hydroxylation is 1. The minimum absolute atomic E-state index is 0.000672. The van der Waals surface area contributed by atoms with Crippen LogP contribution in [-0.4, -0.2) is 47.1 Å². The van der Waals surface area contributed by atoms with Gasteiger partial charge < -0.3 is 19.0 Å². The first-order valence-electron chi connectivity index (χ1n) is 12.4. The number of aromatic nitrogens is 1. The molecule has 5 rings (SSSR count). The van der Waals surface area contributed by atoms with E-state index in [1.54, 1.807) is 6.26 Å². The Balaban J connectivity index is 1.51. The van der Waals surface area contributed by atoms with Gasteiger partial charge in [-0.2, -0.15) is 5.26 Å². The Hall–Kier alpha value is -2.85. The minimum atomic E-state index is -0.301. The fraction of sp³-hybridized carbons (Fsp3) is 0.593. The number of rotatable bonds is 4. The van der Waals surface area contributed by atoms with Crippen LogP contribution in [0.3, 0.4) is 0 Å². The Bertz CT molecular complexity index is 1160. The van der Waals surface area contributed by atoms with Gasteiger partial charge in [-0.1, -0.05) is 13.8 Å². The lowest BCUT2D eigenvalue weighted by molar-refractivity contribution is -0.0407. The van der Waals surface area contributed by atoms with Gasteiger partial charge in [0.05, 0.1) is 35.8 Å². The van der Waals surface area contributed by atoms with Gasteiger partial charge in [0.25, 0.3) is 5.91 Å². The number of furan rings is 1. The van der Waals surface area contributed by atoms with E-state index in [9.17, 15) is 10.1 Å². The van der Waals surface area contributed by atoms with Crippen molar-refractivity contribution in [1.29, 1.82) is 5.26 Å². The van der Waals surface area contributed by atoms with Crippen molar-refractivity contribution in [1.82, 2.24) is 9.88 Å². The molecule has 2 aromatic heterocycles. The highest BCUT2D eigenvalue weighted by Crippen LogP contribution is 2.46. The highest BCUT2D eigenvalue weighted by Gasteiger charge is 2.40. The number of ether oxygens (including phenoxy) is 1. The number of anilines is 1. The van der Waals surface area contributed by atoms with Crippen LogP contribution in [0.4, 0.5) is 5.82 Å². The third-order valence-corrected chi connectivity index (χ3v) is 7.52. The molecular weight excluding hydrogens is 428 g/mol. The molecule has 2 aromatic rings. The number of carbonyl (C=O) groups is 1. The average molecular weight is 463 g/mol. The van der Waals surface area contributed by atoms with Gasteiger partial charge in [-0.3, -0.25) is 4.79 Å². The zero-order valence-electron chi connectivity index (χ0n) is 20.9. The van der Waals surface area contributed by atoms with Crippen LogP contribution < -0.4 is 4.90 Å². The van der Waals surface area contributed by atoms with Gasteiger partial charge in [0.15, 0.2) is 5.76 Å². The van der Waals surface area contributed by atoms with Crippen LogP contribution in [0.2, 0.25) is 0 Å². The van der Waals surface area contributed by atoms with Crippen molar-refractivity contribution in [3.05, 3.63) is 46.0 Å². The molecule has 2 aliphatic heterocycles. The molecule has 0 radical (unpaired) electrons. The average Bonchev–Trinajstić information content (AvgIpc) is 3.56. The molecule has 1 atom stereocenters. The van der Waals surface area contributed by atoms with E-state index < -0.39 is 0 Å². The minimum Gasteiger partial charge on any atom is -0.459 e. The summed E-state index contributed by atoms with van der Waals surface area (Å²) in [5.74, 6) is 1.86. The van der Waals surface area contributed by atoms with E-state index in [0.29, 0.717) is 49.9 Å². The fourth-order valence-corrected chi connectivity index (χ4v) is 5.37. The summed E-state index contributed by atoms with van der Waals surface area (Å²) in [5, 5.41) is 10.3. The normalized spacial score (nSPS) is 22.0. The molecule has 3 aliphatic rings. The summed E-state index contributed by atoms with van der Waals surface area (Å²) < 4.78 is 11.6. The second-order valence-corrected chi connectivity index (χ2v) is 11.0. The van der Waals surface area contributed by atoms with E-state index in [1.807, 2.05) is 17.9 Å². The van der Waals surface area contributed by atoms with Crippen LogP contribution in [-0.2, 0) is 17.8 Å². The lowest BCUT2D eigenvalue weighted by atomic mass is 9.87. The number of amides is 1. The third kappa shape index (κ3) is 3.98. The van der Waals surface area contributed by atoms with E-state index in [0.717, 1.165) is 41.0 Å². The molecule has 4 heterocycles. The van der Waals surface area contributed by atoms with Crippen LogP contribution >= 0.6 is 0 Å². The van der Waals surface area contributed by atoms with Gasteiger partial charge in [0.2, 0.25) is 0 Å². The van der Waals surface area contributed by atoms with Gasteiger partial charge in [0.1, 0.15) is 11.9 Å². The summed E-state index contributed by atoms with van der Waals surface area (Å²) >= 11 is 0. The van der Waals surface area contributed by atoms with Crippen molar-refractivity contribution in [2.45, 2.75) is 78.0 Å². The van der Waals surface area contributed by atoms with E-state index in [4.69, 9.17) is 14.1 Å². The number of hydrogen-bond donors (Lipinski definition) is 0. The summed E-state index contributed by atoms with van der Waals surface area (Å²) in [6.45, 7) is 12.7. The van der Waals surface area contributed by atoms with Crippen LogP contribution in [0.1, 0.15) is 85.0 Å². The van der Waals surface area contributed by atoms with Gasteiger partial charge >= 0.3 is 0 Å². The first kappa shape index (κ1) is 22.9. The molecule has 2 fully saturated rings. The van der Waals surface area contributed by atoms with Crippen LogP contribution in [0.5, 0.6) is 0 Å². The standard InChI is InChI=1S/C27H34N4O3/c1-16(2)22-14-30(9-10-31(22)26(32)24-17(3)8-11-33-24)25-20(13-28)19-12-27(4,5)34-15-21(19)23(29-25)18-6-7-18/h8,11,16,18,22H,6-7,9-10,12,14-15H2,1-5H3/t22-/m0/s1. The third-order valence-electron chi connectivity index (χ3n) is 7.52. The maximum absolute atomic E-state index is 13.3. The summed E-state index contributed by atoms with van der Waals surface area (Å²) in [5.41, 5.74) is 4.59. The zero-order valence-corrected chi connectivity index (χ0v) is 20.9. The molecule has 7 nitrogen and oxygen atoms in total. The van der Waals surface area contributed by atoms with E-state index >= 15 is 0 Å². The largest absolute Gasteiger partial charge is 0.459 e. The molecule has 0 spiro atoms. The number of pyridine rings is 1. The van der Waals surface area contributed by atoms with Crippen LogP contribution in [0, 0.1) is 24.2 Å². The molecule has 0 N–H and O–H groups in total. The Morgan fingerprint density at radius 1 is 1.26 bits per heavy atom. The molecular formula is C27H34N4O3. The van der Waals surface area contributed by atoms with Crippen LogP contribution in [0.15, 0.2) is 16.7 Å². The second kappa shape index (κ2) is 8.42. The topological polar surface area (TPSA) is 82.6 Å². The van der Waals surface area contributed by atoms with Crippen molar-refractivity contribution < 1.29 is 13.9 Å². The maximum Gasteiger partial charge on any atom is 0.290 e. The van der Waals surface area contributed by atoms with E-state index in [1.165, 1.54) is 0 Å². The number of carbonyl (C=O) groups excluding carboxylic acids is 1. The SMILES string of the molecule is Cc1ccoc1C(=O)N1CCN(c2nc(C3CC3)c3c(c2C#N)CC(C)(C)OC3)C[C@H]1C(C)C. The Morgan fingerprint density at radius 3 is 2.65 bits per heavy atom. The fourth-order valence-electron chi connectivity index (χ4n) is 5.37. The molecule has 180 valence electrons. The zero-order chi connectivity index (χ0) is 24.2. The molecule has 0 unspecified atom stereocenters. The highest BCUT2D eigenvalue weighted by atomic mass is 16.5. The summed E-state index contributed by atoms with van der Waals surface area (Å²) in [6.07, 6.45) is 4.58. The van der Waals surface area contributed by atoms with Gasteiger partial charge in [0, 0.05) is 43.1 Å². The molecule has 1 aliphatic carbocycles. The van der Waals surface area contributed by atoms with Crippen molar-refractivity contribution in [3.8, 4) is 6.07 Å². The van der Waals surface area contributed by atoms with Crippen LogP contribution in [0.25, 0.3) is 0 Å².